The van der Waals surface area contributed by atoms with Crippen molar-refractivity contribution in [2.24, 2.45) is 0 Å². The Hall–Kier alpha value is -2.31. The fraction of sp³-hybridized carbons (Fsp3) is 0.423. The first kappa shape index (κ1) is 23.8. The van der Waals surface area contributed by atoms with E-state index in [0.717, 1.165) is 35.1 Å². The molecule has 0 unspecified atom stereocenters. The average Bonchev–Trinajstić information content (AvgIpc) is 3.44. The molecule has 3 aromatic rings. The molecule has 1 N–H and O–H groups in total. The van der Waals surface area contributed by atoms with Gasteiger partial charge in [0.05, 0.1) is 5.25 Å². The number of nitrogens with one attached hydrogen (secondary N) is 1. The van der Waals surface area contributed by atoms with Crippen LogP contribution in [0.3, 0.4) is 0 Å². The number of benzene rings is 2. The van der Waals surface area contributed by atoms with Gasteiger partial charge in [0.2, 0.25) is 5.91 Å². The van der Waals surface area contributed by atoms with E-state index in [0.29, 0.717) is 11.1 Å². The van der Waals surface area contributed by atoms with Crippen molar-refractivity contribution in [3.63, 3.8) is 0 Å². The zero-order valence-corrected chi connectivity index (χ0v) is 21.2. The lowest BCUT2D eigenvalue weighted by Crippen LogP contribution is -2.23. The van der Waals surface area contributed by atoms with E-state index in [1.807, 2.05) is 6.92 Å². The van der Waals surface area contributed by atoms with Crippen LogP contribution in [-0.2, 0) is 10.2 Å². The number of amides is 1. The summed E-state index contributed by atoms with van der Waals surface area (Å²) >= 11 is 7.41. The van der Waals surface area contributed by atoms with Gasteiger partial charge in [-0.1, -0.05) is 81.2 Å². The molecule has 5 nitrogen and oxygen atoms in total. The van der Waals surface area contributed by atoms with Gasteiger partial charge in [-0.15, -0.1) is 10.2 Å². The van der Waals surface area contributed by atoms with Gasteiger partial charge in [-0.3, -0.25) is 9.36 Å². The Morgan fingerprint density at radius 2 is 1.70 bits per heavy atom. The van der Waals surface area contributed by atoms with E-state index in [1.165, 1.54) is 30.2 Å². The summed E-state index contributed by atoms with van der Waals surface area (Å²) in [5.41, 5.74) is 3.19. The van der Waals surface area contributed by atoms with E-state index < -0.39 is 0 Å². The topological polar surface area (TPSA) is 59.8 Å². The van der Waals surface area contributed by atoms with Gasteiger partial charge in [0.15, 0.2) is 11.0 Å². The highest BCUT2D eigenvalue weighted by molar-refractivity contribution is 8.00. The first-order chi connectivity index (χ1) is 15.7. The van der Waals surface area contributed by atoms with Crippen molar-refractivity contribution in [2.75, 3.05) is 5.32 Å². The van der Waals surface area contributed by atoms with Crippen LogP contribution >= 0.6 is 23.4 Å². The highest BCUT2D eigenvalue weighted by atomic mass is 35.5. The Labute approximate surface area is 205 Å². The molecule has 1 aliphatic carbocycles. The molecular weight excluding hydrogens is 452 g/mol. The number of anilines is 1. The van der Waals surface area contributed by atoms with Crippen molar-refractivity contribution in [1.82, 2.24) is 14.8 Å². The normalized spacial score (nSPS) is 15.5. The SMILES string of the molecule is C[C@H](Sc1nnc(-c2ccc(C(C)(C)C)cc2)n1C1CCCC1)C(=O)Nc1ccc(Cl)cc1. The standard InChI is InChI=1S/C26H31ClN4OS/c1-17(24(32)28-21-15-13-20(27)14-16-21)33-25-30-29-23(31(25)22-7-5-6-8-22)18-9-11-19(12-10-18)26(2,3)4/h9-17,22H,5-8H2,1-4H3,(H,28,32)/t17-/m0/s1. The number of carbonyl (C=O) groups excluding carboxylic acids is 1. The monoisotopic (exact) mass is 482 g/mol. The Morgan fingerprint density at radius 3 is 2.30 bits per heavy atom. The third-order valence-electron chi connectivity index (χ3n) is 6.13. The molecule has 1 saturated carbocycles. The molecule has 33 heavy (non-hydrogen) atoms. The molecule has 2 aromatic carbocycles. The number of aromatic nitrogens is 3. The number of nitrogens with zero attached hydrogens (tertiary/aromatic N) is 3. The third-order valence-corrected chi connectivity index (χ3v) is 7.44. The molecular formula is C26H31ClN4OS. The lowest BCUT2D eigenvalue weighted by atomic mass is 9.86. The first-order valence-electron chi connectivity index (χ1n) is 11.5. The van der Waals surface area contributed by atoms with Gasteiger partial charge < -0.3 is 5.32 Å². The zero-order valence-electron chi connectivity index (χ0n) is 19.6. The molecule has 174 valence electrons. The van der Waals surface area contributed by atoms with E-state index in [4.69, 9.17) is 11.6 Å². The van der Waals surface area contributed by atoms with Gasteiger partial charge in [0, 0.05) is 22.3 Å². The molecule has 1 aromatic heterocycles. The maximum absolute atomic E-state index is 12.8. The number of hydrogen-bond acceptors (Lipinski definition) is 4. The molecule has 1 atom stereocenters. The second kappa shape index (κ2) is 9.90. The number of carbonyl (C=O) groups is 1. The number of hydrogen-bond donors (Lipinski definition) is 1. The van der Waals surface area contributed by atoms with Crippen LogP contribution in [0.5, 0.6) is 0 Å². The highest BCUT2D eigenvalue weighted by Crippen LogP contribution is 2.38. The summed E-state index contributed by atoms with van der Waals surface area (Å²) in [5.74, 6) is 0.814. The van der Waals surface area contributed by atoms with E-state index in [9.17, 15) is 4.79 Å². The van der Waals surface area contributed by atoms with Crippen molar-refractivity contribution in [3.05, 3.63) is 59.1 Å². The lowest BCUT2D eigenvalue weighted by Gasteiger charge is -2.20. The van der Waals surface area contributed by atoms with Crippen molar-refractivity contribution in [3.8, 4) is 11.4 Å². The summed E-state index contributed by atoms with van der Waals surface area (Å²) in [7, 11) is 0. The number of halogens is 1. The molecule has 0 saturated heterocycles. The number of thioether (sulfide) groups is 1. The van der Waals surface area contributed by atoms with Gasteiger partial charge in [-0.25, -0.2) is 0 Å². The van der Waals surface area contributed by atoms with Gasteiger partial charge in [-0.2, -0.15) is 0 Å². The predicted molar refractivity (Wildman–Crippen MR) is 137 cm³/mol. The zero-order chi connectivity index (χ0) is 23.6. The fourth-order valence-corrected chi connectivity index (χ4v) is 5.20. The van der Waals surface area contributed by atoms with Crippen LogP contribution in [0.15, 0.2) is 53.7 Å². The largest absolute Gasteiger partial charge is 0.325 e. The minimum atomic E-state index is -0.318. The van der Waals surface area contributed by atoms with Crippen LogP contribution in [0.2, 0.25) is 5.02 Å². The molecule has 0 aliphatic heterocycles. The van der Waals surface area contributed by atoms with E-state index >= 15 is 0 Å². The first-order valence-corrected chi connectivity index (χ1v) is 12.8. The molecule has 1 heterocycles. The van der Waals surface area contributed by atoms with Crippen LogP contribution in [0, 0.1) is 0 Å². The van der Waals surface area contributed by atoms with E-state index in [2.05, 4.69) is 65.1 Å². The van der Waals surface area contributed by atoms with Gasteiger partial charge in [-0.05, 0) is 55.0 Å². The summed E-state index contributed by atoms with van der Waals surface area (Å²) in [5, 5.41) is 13.2. The van der Waals surface area contributed by atoms with Crippen molar-refractivity contribution in [2.45, 2.75) is 75.2 Å². The summed E-state index contributed by atoms with van der Waals surface area (Å²) in [6.07, 6.45) is 4.65. The molecule has 4 rings (SSSR count). The van der Waals surface area contributed by atoms with Crippen LogP contribution in [0.4, 0.5) is 5.69 Å². The second-order valence-corrected chi connectivity index (χ2v) is 11.4. The molecule has 0 spiro atoms. The van der Waals surface area contributed by atoms with Gasteiger partial charge in [0.1, 0.15) is 0 Å². The second-order valence-electron chi connectivity index (χ2n) is 9.70. The fourth-order valence-electron chi connectivity index (χ4n) is 4.15. The minimum Gasteiger partial charge on any atom is -0.325 e. The third kappa shape index (κ3) is 5.61. The minimum absolute atomic E-state index is 0.0700. The van der Waals surface area contributed by atoms with Crippen LogP contribution in [0.25, 0.3) is 11.4 Å². The highest BCUT2D eigenvalue weighted by Gasteiger charge is 2.27. The molecule has 1 amide bonds. The van der Waals surface area contributed by atoms with Crippen LogP contribution in [-0.4, -0.2) is 25.9 Å². The summed E-state index contributed by atoms with van der Waals surface area (Å²) < 4.78 is 2.26. The molecule has 0 bridgehead atoms. The van der Waals surface area contributed by atoms with Crippen molar-refractivity contribution in [1.29, 1.82) is 0 Å². The Balaban J connectivity index is 1.57. The van der Waals surface area contributed by atoms with Crippen molar-refractivity contribution < 1.29 is 4.79 Å². The van der Waals surface area contributed by atoms with Crippen LogP contribution < -0.4 is 5.32 Å². The Kier molecular flexibility index (Phi) is 7.15. The van der Waals surface area contributed by atoms with Crippen LogP contribution in [0.1, 0.15) is 65.0 Å². The van der Waals surface area contributed by atoms with Gasteiger partial charge in [0.25, 0.3) is 0 Å². The maximum Gasteiger partial charge on any atom is 0.237 e. The maximum atomic E-state index is 12.8. The number of rotatable bonds is 6. The predicted octanol–water partition coefficient (Wildman–Crippen LogP) is 7.13. The molecule has 1 aliphatic rings. The Bertz CT molecular complexity index is 1100. The van der Waals surface area contributed by atoms with E-state index in [-0.39, 0.29) is 16.6 Å². The smallest absolute Gasteiger partial charge is 0.237 e. The average molecular weight is 483 g/mol. The van der Waals surface area contributed by atoms with Crippen molar-refractivity contribution >= 4 is 35.0 Å². The Morgan fingerprint density at radius 1 is 1.06 bits per heavy atom. The summed E-state index contributed by atoms with van der Waals surface area (Å²) in [6, 6.07) is 16.1. The lowest BCUT2D eigenvalue weighted by molar-refractivity contribution is -0.115. The van der Waals surface area contributed by atoms with Gasteiger partial charge >= 0.3 is 0 Å². The summed E-state index contributed by atoms with van der Waals surface area (Å²) in [6.45, 7) is 8.55. The molecule has 1 fully saturated rings. The molecule has 7 heteroatoms. The quantitative estimate of drug-likeness (QED) is 0.379. The van der Waals surface area contributed by atoms with E-state index in [1.54, 1.807) is 24.3 Å². The summed E-state index contributed by atoms with van der Waals surface area (Å²) in [4.78, 5) is 12.8. The molecule has 0 radical (unpaired) electrons.